The van der Waals surface area contributed by atoms with Crippen LogP contribution in [-0.4, -0.2) is 24.3 Å². The van der Waals surface area contributed by atoms with Crippen LogP contribution < -0.4 is 10.6 Å². The molecule has 1 aromatic rings. The minimum absolute atomic E-state index is 0.0174. The van der Waals surface area contributed by atoms with E-state index in [1.807, 2.05) is 26.8 Å². The fourth-order valence-corrected chi connectivity index (χ4v) is 2.61. The lowest BCUT2D eigenvalue weighted by atomic mass is 10.0. The molecule has 0 heterocycles. The molecule has 1 amide bonds. The first kappa shape index (κ1) is 20.5. The summed E-state index contributed by atoms with van der Waals surface area (Å²) in [5, 5.41) is 6.33. The largest absolute Gasteiger partial charge is 0.444 e. The van der Waals surface area contributed by atoms with Crippen molar-refractivity contribution in [1.29, 1.82) is 0 Å². The number of alkyl carbamates (subject to hydrolysis) is 1. The average molecular weight is 450 g/mol. The van der Waals surface area contributed by atoms with Crippen LogP contribution in [0.25, 0.3) is 0 Å². The lowest BCUT2D eigenvalue weighted by Crippen LogP contribution is -2.46. The number of carbonyl (C=O) groups excluding carboxylic acids is 1. The number of ether oxygens (including phenoxy) is 1. The number of nitrogens with one attached hydrogen (secondary N) is 2. The Morgan fingerprint density at radius 1 is 1.22 bits per heavy atom. The molecule has 0 aliphatic carbocycles. The molecule has 0 aliphatic rings. The molecule has 0 fully saturated rings. The van der Waals surface area contributed by atoms with Gasteiger partial charge in [0.1, 0.15) is 5.60 Å². The van der Waals surface area contributed by atoms with Crippen LogP contribution in [0.4, 0.5) is 4.79 Å². The van der Waals surface area contributed by atoms with Crippen molar-refractivity contribution in [1.82, 2.24) is 10.6 Å². The first-order chi connectivity index (χ1) is 10.6. The van der Waals surface area contributed by atoms with Crippen LogP contribution in [-0.2, 0) is 11.3 Å². The van der Waals surface area contributed by atoms with Gasteiger partial charge in [0, 0.05) is 28.1 Å². The highest BCUT2D eigenvalue weighted by molar-refractivity contribution is 9.13. The van der Waals surface area contributed by atoms with Gasteiger partial charge in [0.25, 0.3) is 0 Å². The molecule has 0 aliphatic heterocycles. The highest BCUT2D eigenvalue weighted by atomic mass is 79.9. The van der Waals surface area contributed by atoms with E-state index in [1.54, 1.807) is 0 Å². The molecule has 2 N–H and O–H groups in total. The first-order valence-corrected chi connectivity index (χ1v) is 9.31. The Labute approximate surface area is 156 Å². The molecular weight excluding hydrogens is 424 g/mol. The van der Waals surface area contributed by atoms with Crippen LogP contribution in [0.3, 0.4) is 0 Å². The third-order valence-electron chi connectivity index (χ3n) is 3.18. The predicted molar refractivity (Wildman–Crippen MR) is 102 cm³/mol. The smallest absolute Gasteiger partial charge is 0.407 e. The van der Waals surface area contributed by atoms with Gasteiger partial charge in [-0.25, -0.2) is 4.79 Å². The van der Waals surface area contributed by atoms with E-state index >= 15 is 0 Å². The van der Waals surface area contributed by atoms with E-state index in [0.29, 0.717) is 12.5 Å². The van der Waals surface area contributed by atoms with Gasteiger partial charge in [0.15, 0.2) is 0 Å². The Hall–Kier alpha value is -0.590. The number of halogens is 2. The molecule has 0 saturated carbocycles. The number of amides is 1. The van der Waals surface area contributed by atoms with Crippen molar-refractivity contribution in [2.45, 2.75) is 52.8 Å². The highest BCUT2D eigenvalue weighted by Gasteiger charge is 2.21. The minimum Gasteiger partial charge on any atom is -0.444 e. The summed E-state index contributed by atoms with van der Waals surface area (Å²) in [6, 6.07) is 6.17. The van der Waals surface area contributed by atoms with Gasteiger partial charge in [0.05, 0.1) is 0 Å². The molecule has 1 rings (SSSR count). The van der Waals surface area contributed by atoms with Crippen LogP contribution in [0.1, 0.15) is 40.2 Å². The summed E-state index contributed by atoms with van der Waals surface area (Å²) < 4.78 is 7.39. The predicted octanol–water partition coefficient (Wildman–Crippen LogP) is 4.85. The Morgan fingerprint density at radius 3 is 2.39 bits per heavy atom. The normalized spacial score (nSPS) is 13.0. The van der Waals surface area contributed by atoms with Crippen molar-refractivity contribution >= 4 is 38.0 Å². The van der Waals surface area contributed by atoms with Crippen molar-refractivity contribution in [3.63, 3.8) is 0 Å². The highest BCUT2D eigenvalue weighted by Crippen LogP contribution is 2.23. The molecule has 0 aromatic heterocycles. The van der Waals surface area contributed by atoms with Crippen LogP contribution in [0.5, 0.6) is 0 Å². The quantitative estimate of drug-likeness (QED) is 0.652. The average Bonchev–Trinajstić information content (AvgIpc) is 2.39. The van der Waals surface area contributed by atoms with E-state index in [-0.39, 0.29) is 12.1 Å². The van der Waals surface area contributed by atoms with Gasteiger partial charge in [-0.1, -0.05) is 19.9 Å². The van der Waals surface area contributed by atoms with Gasteiger partial charge in [-0.15, -0.1) is 0 Å². The lowest BCUT2D eigenvalue weighted by molar-refractivity contribution is 0.0490. The van der Waals surface area contributed by atoms with Gasteiger partial charge >= 0.3 is 6.09 Å². The van der Waals surface area contributed by atoms with Gasteiger partial charge in [-0.3, -0.25) is 0 Å². The van der Waals surface area contributed by atoms with E-state index in [0.717, 1.165) is 15.5 Å². The number of benzene rings is 1. The van der Waals surface area contributed by atoms with Crippen LogP contribution in [0, 0.1) is 5.92 Å². The van der Waals surface area contributed by atoms with E-state index in [4.69, 9.17) is 4.74 Å². The third-order valence-corrected chi connectivity index (χ3v) is 5.06. The fraction of sp³-hybridized carbons (Fsp3) is 0.588. The number of hydrogen-bond acceptors (Lipinski definition) is 3. The maximum Gasteiger partial charge on any atom is 0.407 e. The second kappa shape index (κ2) is 9.04. The van der Waals surface area contributed by atoms with E-state index in [2.05, 4.69) is 68.5 Å². The van der Waals surface area contributed by atoms with Crippen molar-refractivity contribution in [3.8, 4) is 0 Å². The van der Waals surface area contributed by atoms with E-state index in [9.17, 15) is 4.79 Å². The second-order valence-corrected chi connectivity index (χ2v) is 8.58. The minimum atomic E-state index is -0.483. The molecule has 0 spiro atoms. The first-order valence-electron chi connectivity index (χ1n) is 7.72. The third kappa shape index (κ3) is 8.18. The van der Waals surface area contributed by atoms with Crippen molar-refractivity contribution in [2.24, 2.45) is 5.92 Å². The maximum absolute atomic E-state index is 11.9. The van der Waals surface area contributed by atoms with Gasteiger partial charge in [-0.2, -0.15) is 0 Å². The SMILES string of the molecule is CC(C)C(CNCc1ccc(Br)c(Br)c1)NC(=O)OC(C)(C)C. The van der Waals surface area contributed by atoms with Crippen LogP contribution >= 0.6 is 31.9 Å². The Bertz CT molecular complexity index is 528. The summed E-state index contributed by atoms with van der Waals surface area (Å²) in [6.07, 6.45) is -0.371. The topological polar surface area (TPSA) is 50.4 Å². The Morgan fingerprint density at radius 2 is 1.87 bits per heavy atom. The summed E-state index contributed by atoms with van der Waals surface area (Å²) in [6.45, 7) is 11.2. The van der Waals surface area contributed by atoms with E-state index in [1.165, 1.54) is 5.56 Å². The number of hydrogen-bond donors (Lipinski definition) is 2. The van der Waals surface area contributed by atoms with Crippen molar-refractivity contribution < 1.29 is 9.53 Å². The maximum atomic E-state index is 11.9. The molecule has 6 heteroatoms. The lowest BCUT2D eigenvalue weighted by Gasteiger charge is -2.26. The summed E-state index contributed by atoms with van der Waals surface area (Å²) in [4.78, 5) is 11.9. The Kier molecular flexibility index (Phi) is 8.04. The van der Waals surface area contributed by atoms with Gasteiger partial charge in [0.2, 0.25) is 0 Å². The molecule has 1 aromatic carbocycles. The summed E-state index contributed by atoms with van der Waals surface area (Å²) >= 11 is 6.96. The number of carbonyl (C=O) groups is 1. The molecule has 0 bridgehead atoms. The zero-order valence-electron chi connectivity index (χ0n) is 14.4. The molecule has 130 valence electrons. The standard InChI is InChI=1S/C17H26Br2N2O2/c1-11(2)15(21-16(22)23-17(3,4)5)10-20-9-12-6-7-13(18)14(19)8-12/h6-8,11,15,20H,9-10H2,1-5H3,(H,21,22). The molecule has 0 radical (unpaired) electrons. The summed E-state index contributed by atoms with van der Waals surface area (Å²) in [7, 11) is 0. The molecular formula is C17H26Br2N2O2. The summed E-state index contributed by atoms with van der Waals surface area (Å²) in [5.41, 5.74) is 0.697. The second-order valence-electron chi connectivity index (χ2n) is 6.88. The summed E-state index contributed by atoms with van der Waals surface area (Å²) in [5.74, 6) is 0.312. The van der Waals surface area contributed by atoms with Crippen molar-refractivity contribution in [2.75, 3.05) is 6.54 Å². The Balaban J connectivity index is 2.50. The molecule has 1 atom stereocenters. The zero-order valence-corrected chi connectivity index (χ0v) is 17.5. The van der Waals surface area contributed by atoms with Gasteiger partial charge in [-0.05, 0) is 76.2 Å². The molecule has 4 nitrogen and oxygen atoms in total. The van der Waals surface area contributed by atoms with Crippen LogP contribution in [0.2, 0.25) is 0 Å². The monoisotopic (exact) mass is 448 g/mol. The van der Waals surface area contributed by atoms with Crippen molar-refractivity contribution in [3.05, 3.63) is 32.7 Å². The number of rotatable bonds is 6. The zero-order chi connectivity index (χ0) is 17.6. The molecule has 0 saturated heterocycles. The van der Waals surface area contributed by atoms with Crippen LogP contribution in [0.15, 0.2) is 27.1 Å². The van der Waals surface area contributed by atoms with Gasteiger partial charge < -0.3 is 15.4 Å². The molecule has 23 heavy (non-hydrogen) atoms. The molecule has 1 unspecified atom stereocenters. The van der Waals surface area contributed by atoms with E-state index < -0.39 is 5.60 Å². The fourth-order valence-electron chi connectivity index (χ4n) is 1.93.